The van der Waals surface area contributed by atoms with Crippen LogP contribution in [0.3, 0.4) is 0 Å². The standard InChI is InChI=1S/C7H3BrF5N/c8-4-2-14-5(7(11,12)13)1-3(4)6(9)10/h1-2,6H. The van der Waals surface area contributed by atoms with E-state index in [0.29, 0.717) is 12.3 Å². The van der Waals surface area contributed by atoms with Gasteiger partial charge in [0, 0.05) is 16.2 Å². The van der Waals surface area contributed by atoms with E-state index in [4.69, 9.17) is 0 Å². The van der Waals surface area contributed by atoms with Crippen molar-refractivity contribution in [2.75, 3.05) is 0 Å². The number of pyridine rings is 1. The van der Waals surface area contributed by atoms with E-state index >= 15 is 0 Å². The lowest BCUT2D eigenvalue weighted by atomic mass is 10.2. The fourth-order valence-electron chi connectivity index (χ4n) is 0.777. The highest BCUT2D eigenvalue weighted by Gasteiger charge is 2.33. The van der Waals surface area contributed by atoms with Crippen LogP contribution in [0.1, 0.15) is 17.7 Å². The van der Waals surface area contributed by atoms with Gasteiger partial charge in [-0.3, -0.25) is 4.98 Å². The van der Waals surface area contributed by atoms with Gasteiger partial charge in [-0.05, 0) is 22.0 Å². The first kappa shape index (κ1) is 11.4. The number of halogens is 6. The molecule has 0 aliphatic carbocycles. The zero-order chi connectivity index (χ0) is 10.9. The van der Waals surface area contributed by atoms with Crippen molar-refractivity contribution in [3.8, 4) is 0 Å². The predicted molar refractivity (Wildman–Crippen MR) is 41.9 cm³/mol. The smallest absolute Gasteiger partial charge is 0.251 e. The monoisotopic (exact) mass is 275 g/mol. The molecule has 0 unspecified atom stereocenters. The number of nitrogens with zero attached hydrogens (tertiary/aromatic N) is 1. The first-order valence-electron chi connectivity index (χ1n) is 3.33. The summed E-state index contributed by atoms with van der Waals surface area (Å²) in [5.41, 5.74) is -2.04. The van der Waals surface area contributed by atoms with Crippen LogP contribution in [-0.2, 0) is 6.18 Å². The molecule has 14 heavy (non-hydrogen) atoms. The van der Waals surface area contributed by atoms with Crippen molar-refractivity contribution in [2.24, 2.45) is 0 Å². The van der Waals surface area contributed by atoms with Crippen molar-refractivity contribution in [3.05, 3.63) is 28.0 Å². The lowest BCUT2D eigenvalue weighted by molar-refractivity contribution is -0.141. The van der Waals surface area contributed by atoms with E-state index in [1.807, 2.05) is 0 Å². The van der Waals surface area contributed by atoms with Crippen LogP contribution in [0.2, 0.25) is 0 Å². The van der Waals surface area contributed by atoms with Gasteiger partial charge in [-0.2, -0.15) is 13.2 Å². The van der Waals surface area contributed by atoms with Crippen LogP contribution in [-0.4, -0.2) is 4.98 Å². The number of aromatic nitrogens is 1. The molecule has 0 N–H and O–H groups in total. The first-order chi connectivity index (χ1) is 6.32. The minimum Gasteiger partial charge on any atom is -0.251 e. The molecule has 0 saturated heterocycles. The van der Waals surface area contributed by atoms with Crippen molar-refractivity contribution in [2.45, 2.75) is 12.6 Å². The van der Waals surface area contributed by atoms with E-state index < -0.39 is 23.9 Å². The highest BCUT2D eigenvalue weighted by Crippen LogP contribution is 2.33. The Kier molecular flexibility index (Phi) is 3.08. The van der Waals surface area contributed by atoms with Crippen LogP contribution in [0.25, 0.3) is 0 Å². The quantitative estimate of drug-likeness (QED) is 0.711. The molecule has 0 aliphatic heterocycles. The summed E-state index contributed by atoms with van der Waals surface area (Å²) in [5.74, 6) is 0. The van der Waals surface area contributed by atoms with E-state index in [1.165, 1.54) is 0 Å². The van der Waals surface area contributed by atoms with Gasteiger partial charge in [0.15, 0.2) is 0 Å². The van der Waals surface area contributed by atoms with Crippen LogP contribution < -0.4 is 0 Å². The summed E-state index contributed by atoms with van der Waals surface area (Å²) in [6.45, 7) is 0. The molecule has 0 fully saturated rings. The minimum atomic E-state index is -4.70. The van der Waals surface area contributed by atoms with Crippen molar-refractivity contribution in [1.82, 2.24) is 4.98 Å². The summed E-state index contributed by atoms with van der Waals surface area (Å²) in [7, 11) is 0. The van der Waals surface area contributed by atoms with E-state index in [-0.39, 0.29) is 4.47 Å². The molecule has 1 aromatic rings. The summed E-state index contributed by atoms with van der Waals surface area (Å²) in [6, 6.07) is 0.328. The molecule has 1 heterocycles. The molecule has 1 aromatic heterocycles. The van der Waals surface area contributed by atoms with E-state index in [0.717, 1.165) is 0 Å². The van der Waals surface area contributed by atoms with E-state index in [1.54, 1.807) is 0 Å². The summed E-state index contributed by atoms with van der Waals surface area (Å²) in [4.78, 5) is 2.99. The molecule has 0 amide bonds. The van der Waals surface area contributed by atoms with Gasteiger partial charge >= 0.3 is 6.18 Å². The second-order valence-corrected chi connectivity index (χ2v) is 3.24. The molecule has 78 valence electrons. The predicted octanol–water partition coefficient (Wildman–Crippen LogP) is 3.80. The highest BCUT2D eigenvalue weighted by atomic mass is 79.9. The third-order valence-electron chi connectivity index (χ3n) is 1.41. The lowest BCUT2D eigenvalue weighted by Gasteiger charge is -2.08. The van der Waals surface area contributed by atoms with Crippen molar-refractivity contribution in [3.63, 3.8) is 0 Å². The Balaban J connectivity index is 3.20. The summed E-state index contributed by atoms with van der Waals surface area (Å²) in [5, 5.41) is 0. The Labute approximate surface area is 84.1 Å². The van der Waals surface area contributed by atoms with E-state index in [9.17, 15) is 22.0 Å². The maximum atomic E-state index is 12.2. The van der Waals surface area contributed by atoms with Crippen LogP contribution in [0, 0.1) is 0 Å². The Hall–Kier alpha value is -0.720. The average Bonchev–Trinajstić information content (AvgIpc) is 2.02. The molecule has 0 aromatic carbocycles. The van der Waals surface area contributed by atoms with Crippen molar-refractivity contribution < 1.29 is 22.0 Å². The van der Waals surface area contributed by atoms with Crippen molar-refractivity contribution >= 4 is 15.9 Å². The Morgan fingerprint density at radius 2 is 1.86 bits per heavy atom. The average molecular weight is 276 g/mol. The van der Waals surface area contributed by atoms with Crippen LogP contribution in [0.4, 0.5) is 22.0 Å². The van der Waals surface area contributed by atoms with Crippen molar-refractivity contribution in [1.29, 1.82) is 0 Å². The number of rotatable bonds is 1. The number of hydrogen-bond acceptors (Lipinski definition) is 1. The molecule has 0 radical (unpaired) electrons. The zero-order valence-corrected chi connectivity index (χ0v) is 8.03. The molecule has 0 bridgehead atoms. The lowest BCUT2D eigenvalue weighted by Crippen LogP contribution is -2.08. The van der Waals surface area contributed by atoms with E-state index in [2.05, 4.69) is 20.9 Å². The molecule has 0 aliphatic rings. The molecule has 0 atom stereocenters. The normalized spacial score (nSPS) is 12.2. The third kappa shape index (κ3) is 2.40. The minimum absolute atomic E-state index is 0.138. The Morgan fingerprint density at radius 1 is 1.29 bits per heavy atom. The molecular weight excluding hydrogens is 273 g/mol. The van der Waals surface area contributed by atoms with Gasteiger partial charge in [-0.25, -0.2) is 8.78 Å². The fourth-order valence-corrected chi connectivity index (χ4v) is 1.17. The maximum absolute atomic E-state index is 12.2. The molecule has 0 spiro atoms. The molecular formula is C7H3BrF5N. The van der Waals surface area contributed by atoms with Gasteiger partial charge in [0.05, 0.1) is 0 Å². The maximum Gasteiger partial charge on any atom is 0.433 e. The SMILES string of the molecule is FC(F)c1cc(C(F)(F)F)ncc1Br. The van der Waals surface area contributed by atoms with Crippen LogP contribution in [0.5, 0.6) is 0 Å². The summed E-state index contributed by atoms with van der Waals surface area (Å²) < 4.78 is 60.3. The topological polar surface area (TPSA) is 12.9 Å². The first-order valence-corrected chi connectivity index (χ1v) is 4.12. The fraction of sp³-hybridized carbons (Fsp3) is 0.286. The van der Waals surface area contributed by atoms with Gasteiger partial charge in [-0.15, -0.1) is 0 Å². The van der Waals surface area contributed by atoms with Gasteiger partial charge in [0.25, 0.3) is 6.43 Å². The summed E-state index contributed by atoms with van der Waals surface area (Å²) in [6.07, 6.45) is -6.96. The van der Waals surface area contributed by atoms with Crippen LogP contribution in [0.15, 0.2) is 16.7 Å². The second kappa shape index (κ2) is 3.80. The Morgan fingerprint density at radius 3 is 2.29 bits per heavy atom. The Bertz CT molecular complexity index is 335. The summed E-state index contributed by atoms with van der Waals surface area (Å²) >= 11 is 2.69. The highest BCUT2D eigenvalue weighted by molar-refractivity contribution is 9.10. The van der Waals surface area contributed by atoms with Crippen LogP contribution >= 0.6 is 15.9 Å². The van der Waals surface area contributed by atoms with Gasteiger partial charge in [0.2, 0.25) is 0 Å². The number of hydrogen-bond donors (Lipinski definition) is 0. The van der Waals surface area contributed by atoms with Gasteiger partial charge in [0.1, 0.15) is 5.69 Å². The zero-order valence-electron chi connectivity index (χ0n) is 6.45. The third-order valence-corrected chi connectivity index (χ3v) is 2.07. The molecule has 0 saturated carbocycles. The van der Waals surface area contributed by atoms with Gasteiger partial charge in [-0.1, -0.05) is 0 Å². The molecule has 1 nitrogen and oxygen atoms in total. The largest absolute Gasteiger partial charge is 0.433 e. The van der Waals surface area contributed by atoms with Gasteiger partial charge < -0.3 is 0 Å². The molecule has 7 heteroatoms. The number of alkyl halides is 5. The second-order valence-electron chi connectivity index (χ2n) is 2.39. The molecule has 1 rings (SSSR count).